The number of hydrogen-bond donors (Lipinski definition) is 3. The number of hydrogen-bond acceptors (Lipinski definition) is 15. The van der Waals surface area contributed by atoms with Crippen molar-refractivity contribution in [2.75, 3.05) is 39.6 Å². The number of aliphatic hydroxyl groups is 1. The van der Waals surface area contributed by atoms with Gasteiger partial charge in [-0.05, 0) is 57.3 Å². The van der Waals surface area contributed by atoms with E-state index in [4.69, 9.17) is 37.0 Å². The quantitative estimate of drug-likeness (QED) is 0.0169. The molecule has 0 aliphatic rings. The Hall–Kier alpha value is -2.46. The third-order valence-corrected chi connectivity index (χ3v) is 19.7. The maximum absolute atomic E-state index is 13.1. The molecule has 19 heteroatoms. The highest BCUT2D eigenvalue weighted by Gasteiger charge is 2.30. The molecule has 3 unspecified atom stereocenters. The van der Waals surface area contributed by atoms with E-state index in [2.05, 4.69) is 58.9 Å². The lowest BCUT2D eigenvalue weighted by Crippen LogP contribution is -2.30. The lowest BCUT2D eigenvalue weighted by Gasteiger charge is -2.21. The zero-order valence-electron chi connectivity index (χ0n) is 62.0. The second-order valence-electron chi connectivity index (χ2n) is 27.3. The summed E-state index contributed by atoms with van der Waals surface area (Å²) >= 11 is 0. The van der Waals surface area contributed by atoms with Gasteiger partial charge in [0.25, 0.3) is 0 Å². The molecule has 0 aromatic rings. The van der Waals surface area contributed by atoms with Gasteiger partial charge in [-0.2, -0.15) is 0 Å². The molecule has 0 aliphatic carbocycles. The van der Waals surface area contributed by atoms with Gasteiger partial charge < -0.3 is 33.8 Å². The van der Waals surface area contributed by atoms with Crippen molar-refractivity contribution in [3.63, 3.8) is 0 Å². The van der Waals surface area contributed by atoms with E-state index in [0.717, 1.165) is 115 Å². The number of esters is 4. The zero-order valence-corrected chi connectivity index (χ0v) is 63.8. The van der Waals surface area contributed by atoms with Crippen molar-refractivity contribution in [1.29, 1.82) is 0 Å². The molecule has 0 amide bonds. The fourth-order valence-electron chi connectivity index (χ4n) is 11.3. The first-order valence-corrected chi connectivity index (χ1v) is 42.5. The summed E-state index contributed by atoms with van der Waals surface area (Å²) in [7, 11) is -9.92. The number of carbonyl (C=O) groups is 4. The molecule has 3 N–H and O–H groups in total. The zero-order chi connectivity index (χ0) is 70.5. The van der Waals surface area contributed by atoms with Crippen LogP contribution in [0.15, 0.2) is 24.3 Å². The number of rotatable bonds is 75. The van der Waals surface area contributed by atoms with Crippen molar-refractivity contribution < 1.29 is 80.2 Å². The van der Waals surface area contributed by atoms with E-state index >= 15 is 0 Å². The maximum Gasteiger partial charge on any atom is 0.472 e. The maximum atomic E-state index is 13.1. The van der Waals surface area contributed by atoms with Crippen LogP contribution in [0.25, 0.3) is 0 Å². The Morgan fingerprint density at radius 2 is 0.583 bits per heavy atom. The Balaban J connectivity index is 5.27. The van der Waals surface area contributed by atoms with Crippen LogP contribution in [0.3, 0.4) is 0 Å². The molecule has 0 aromatic carbocycles. The predicted octanol–water partition coefficient (Wildman–Crippen LogP) is 22.4. The topological polar surface area (TPSA) is 237 Å². The summed E-state index contributed by atoms with van der Waals surface area (Å²) in [6.45, 7) is 7.24. The summed E-state index contributed by atoms with van der Waals surface area (Å²) in [6, 6.07) is 0. The molecule has 0 heterocycles. The molecular weight excluding hydrogens is 1260 g/mol. The van der Waals surface area contributed by atoms with Gasteiger partial charge in [-0.25, -0.2) is 9.13 Å². The Bertz CT molecular complexity index is 1940. The third kappa shape index (κ3) is 68.7. The second-order valence-corrected chi connectivity index (χ2v) is 30.2. The largest absolute Gasteiger partial charge is 0.472 e. The molecule has 0 spiro atoms. The molecule has 0 radical (unpaired) electrons. The lowest BCUT2D eigenvalue weighted by molar-refractivity contribution is -0.161. The van der Waals surface area contributed by atoms with Gasteiger partial charge in [0.2, 0.25) is 0 Å². The number of allylic oxidation sites excluding steroid dienone is 4. The monoisotopic (exact) mass is 1410 g/mol. The van der Waals surface area contributed by atoms with Gasteiger partial charge in [-0.3, -0.25) is 37.3 Å². The molecule has 0 saturated heterocycles. The van der Waals surface area contributed by atoms with Gasteiger partial charge in [0.15, 0.2) is 12.2 Å². The van der Waals surface area contributed by atoms with Crippen molar-refractivity contribution in [2.45, 2.75) is 400 Å². The van der Waals surface area contributed by atoms with E-state index in [1.807, 2.05) is 0 Å². The van der Waals surface area contributed by atoms with Crippen molar-refractivity contribution in [3.8, 4) is 0 Å². The van der Waals surface area contributed by atoms with Gasteiger partial charge >= 0.3 is 39.5 Å². The summed E-state index contributed by atoms with van der Waals surface area (Å²) in [5, 5.41) is 10.6. The highest BCUT2D eigenvalue weighted by Crippen LogP contribution is 2.45. The van der Waals surface area contributed by atoms with Crippen LogP contribution < -0.4 is 0 Å². The van der Waals surface area contributed by atoms with E-state index in [1.54, 1.807) is 0 Å². The van der Waals surface area contributed by atoms with Crippen molar-refractivity contribution in [3.05, 3.63) is 24.3 Å². The minimum atomic E-state index is -4.96. The average molecular weight is 1410 g/mol. The summed E-state index contributed by atoms with van der Waals surface area (Å²) in [5.41, 5.74) is 0. The Morgan fingerprint density at radius 3 is 0.885 bits per heavy atom. The van der Waals surface area contributed by atoms with Crippen LogP contribution in [-0.4, -0.2) is 96.7 Å². The molecule has 17 nitrogen and oxygen atoms in total. The summed E-state index contributed by atoms with van der Waals surface area (Å²) in [5.74, 6) is -1.34. The van der Waals surface area contributed by atoms with E-state index in [9.17, 15) is 43.2 Å². The molecule has 0 aliphatic heterocycles. The Kier molecular flexibility index (Phi) is 67.8. The number of ether oxygens (including phenoxy) is 4. The van der Waals surface area contributed by atoms with Crippen LogP contribution in [0.4, 0.5) is 0 Å². The average Bonchev–Trinajstić information content (AvgIpc) is 1.99. The molecule has 0 saturated carbocycles. The first kappa shape index (κ1) is 93.5. The van der Waals surface area contributed by atoms with E-state index in [1.165, 1.54) is 186 Å². The third-order valence-electron chi connectivity index (χ3n) is 17.8. The molecule has 6 atom stereocenters. The van der Waals surface area contributed by atoms with E-state index < -0.39 is 97.5 Å². The number of carbonyl (C=O) groups excluding carboxylic acids is 4. The van der Waals surface area contributed by atoms with Crippen LogP contribution in [0.5, 0.6) is 0 Å². The second kappa shape index (κ2) is 69.6. The predicted molar refractivity (Wildman–Crippen MR) is 391 cm³/mol. The smallest absolute Gasteiger partial charge is 0.462 e. The molecule has 0 aromatic heterocycles. The number of aliphatic hydroxyl groups excluding tert-OH is 1. The summed E-state index contributed by atoms with van der Waals surface area (Å²) < 4.78 is 68.5. The molecule has 566 valence electrons. The minimum absolute atomic E-state index is 0.102. The normalized spacial score (nSPS) is 14.4. The SMILES string of the molecule is CCCCCC/C=C\C=C/CCCCCCCC(=O)OC[C@H](COP(=O)(O)OC[C@@H](O)COP(=O)(O)OC[C@@H](COC(=O)CCCCCCCCCCC)OC(=O)CCCCCCCCCCCCC(C)CC)OC(=O)CCCCCCCCCCCCCCCCCCCC. The molecule has 96 heavy (non-hydrogen) atoms. The highest BCUT2D eigenvalue weighted by molar-refractivity contribution is 7.47. The molecular formula is C77H146O17P2. The molecule has 0 bridgehead atoms. The van der Waals surface area contributed by atoms with Crippen molar-refractivity contribution in [2.24, 2.45) is 5.92 Å². The van der Waals surface area contributed by atoms with E-state index in [0.29, 0.717) is 25.7 Å². The van der Waals surface area contributed by atoms with Gasteiger partial charge in [-0.15, -0.1) is 0 Å². The van der Waals surface area contributed by atoms with Crippen LogP contribution in [-0.2, 0) is 65.4 Å². The minimum Gasteiger partial charge on any atom is -0.462 e. The van der Waals surface area contributed by atoms with Crippen molar-refractivity contribution in [1.82, 2.24) is 0 Å². The molecule has 0 rings (SSSR count). The number of phosphoric ester groups is 2. The van der Waals surface area contributed by atoms with E-state index in [-0.39, 0.29) is 25.7 Å². The summed E-state index contributed by atoms with van der Waals surface area (Å²) in [4.78, 5) is 72.8. The van der Waals surface area contributed by atoms with Crippen LogP contribution in [0, 0.1) is 5.92 Å². The van der Waals surface area contributed by atoms with Gasteiger partial charge in [0, 0.05) is 25.7 Å². The van der Waals surface area contributed by atoms with Crippen LogP contribution >= 0.6 is 15.6 Å². The lowest BCUT2D eigenvalue weighted by atomic mass is 9.99. The number of phosphoric acid groups is 2. The summed E-state index contributed by atoms with van der Waals surface area (Å²) in [6.07, 6.45) is 61.7. The van der Waals surface area contributed by atoms with Gasteiger partial charge in [-0.1, -0.05) is 329 Å². The van der Waals surface area contributed by atoms with Crippen LogP contribution in [0.1, 0.15) is 381 Å². The molecule has 0 fully saturated rings. The van der Waals surface area contributed by atoms with Gasteiger partial charge in [0.05, 0.1) is 26.4 Å². The Morgan fingerprint density at radius 1 is 0.333 bits per heavy atom. The first-order valence-electron chi connectivity index (χ1n) is 39.5. The van der Waals surface area contributed by atoms with Crippen LogP contribution in [0.2, 0.25) is 0 Å². The van der Waals surface area contributed by atoms with Crippen molar-refractivity contribution >= 4 is 39.5 Å². The van der Waals surface area contributed by atoms with Gasteiger partial charge in [0.1, 0.15) is 19.3 Å². The fraction of sp³-hybridized carbons (Fsp3) is 0.896. The number of unbranched alkanes of at least 4 members (excludes halogenated alkanes) is 43. The first-order chi connectivity index (χ1) is 46.6. The highest BCUT2D eigenvalue weighted by atomic mass is 31.2. The fourth-order valence-corrected chi connectivity index (χ4v) is 12.9. The standard InChI is InChI=1S/C77H146O17P2/c1-6-10-13-16-19-22-24-26-28-29-30-32-34-36-42-47-52-57-62-76(81)93-73(67-88-75(80)61-56-51-46-41-35-33-31-27-25-23-20-17-14-11-7-2)69-92-96(85,86)90-65-71(78)64-89-95(83,84)91-68-72(66-87-74(79)60-55-50-45-39-21-18-15-12-8-3)94-77(82)63-58-53-48-43-38-37-40-44-49-54-59-70(5)9-4/h23,25,27,31,70-73,78H,6-22,24,26,28-30,32-69H2,1-5H3,(H,83,84)(H,85,86)/b25-23-,31-27-/t70?,71-,72+,73+/m0/s1. The Labute approximate surface area is 586 Å².